The number of benzene rings is 7. The molecule has 0 unspecified atom stereocenters. The standard InChI is InChI=1S/C52H31N7/c53-32-33-15-25-45-43(29-33)44-30-41(24-26-46(44)59(45)47-31-40-13-7-27-54-48(40)49-42(47)14-8-28-55-49)52-57-50(38-20-16-36(17-21-38)34-9-3-1-4-10-34)56-51(58-52)39-22-18-37(19-23-39)35-11-5-2-6-12-35/h1-31H. The molecule has 11 rings (SSSR count). The van der Waals surface area contributed by atoms with E-state index in [0.29, 0.717) is 23.0 Å². The van der Waals surface area contributed by atoms with E-state index in [4.69, 9.17) is 24.9 Å². The predicted octanol–water partition coefficient (Wildman–Crippen LogP) is 12.3. The minimum atomic E-state index is 0.551. The molecule has 0 saturated carbocycles. The van der Waals surface area contributed by atoms with Crippen LogP contribution in [-0.2, 0) is 0 Å². The van der Waals surface area contributed by atoms with E-state index in [0.717, 1.165) is 88.2 Å². The molecule has 7 nitrogen and oxygen atoms in total. The Balaban J connectivity index is 1.10. The minimum Gasteiger partial charge on any atom is -0.309 e. The van der Waals surface area contributed by atoms with Crippen molar-refractivity contribution < 1.29 is 0 Å². The molecular weight excluding hydrogens is 723 g/mol. The number of nitrogens with zero attached hydrogens (tertiary/aromatic N) is 7. The fraction of sp³-hybridized carbons (Fsp3) is 0. The summed E-state index contributed by atoms with van der Waals surface area (Å²) in [6, 6.07) is 62.2. The first kappa shape index (κ1) is 34.0. The Kier molecular flexibility index (Phi) is 8.05. The van der Waals surface area contributed by atoms with Gasteiger partial charge in [0.15, 0.2) is 17.5 Å². The lowest BCUT2D eigenvalue weighted by Crippen LogP contribution is -2.00. The first-order valence-corrected chi connectivity index (χ1v) is 19.4. The van der Waals surface area contributed by atoms with Gasteiger partial charge in [-0.2, -0.15) is 5.26 Å². The third-order valence-electron chi connectivity index (χ3n) is 11.0. The Morgan fingerprint density at radius 1 is 0.390 bits per heavy atom. The highest BCUT2D eigenvalue weighted by molar-refractivity contribution is 6.14. The summed E-state index contributed by atoms with van der Waals surface area (Å²) < 4.78 is 2.26. The average Bonchev–Trinajstić information content (AvgIpc) is 3.64. The minimum absolute atomic E-state index is 0.551. The maximum Gasteiger partial charge on any atom is 0.164 e. The third-order valence-corrected chi connectivity index (χ3v) is 11.0. The summed E-state index contributed by atoms with van der Waals surface area (Å²) in [7, 11) is 0. The van der Waals surface area contributed by atoms with Gasteiger partial charge in [0.2, 0.25) is 0 Å². The van der Waals surface area contributed by atoms with Gasteiger partial charge in [-0.25, -0.2) is 15.0 Å². The van der Waals surface area contributed by atoms with Crippen LogP contribution in [0.1, 0.15) is 5.56 Å². The molecule has 4 heterocycles. The smallest absolute Gasteiger partial charge is 0.164 e. The van der Waals surface area contributed by atoms with E-state index in [1.165, 1.54) is 0 Å². The first-order chi connectivity index (χ1) is 29.2. The van der Waals surface area contributed by atoms with E-state index in [9.17, 15) is 5.26 Å². The number of rotatable bonds is 6. The summed E-state index contributed by atoms with van der Waals surface area (Å²) in [5.74, 6) is 1.71. The molecule has 0 saturated heterocycles. The molecule has 0 aliphatic heterocycles. The maximum absolute atomic E-state index is 10.0. The van der Waals surface area contributed by atoms with Crippen LogP contribution in [0.5, 0.6) is 0 Å². The molecule has 0 amide bonds. The number of hydrogen-bond acceptors (Lipinski definition) is 6. The number of nitriles is 1. The largest absolute Gasteiger partial charge is 0.309 e. The lowest BCUT2D eigenvalue weighted by Gasteiger charge is -2.13. The Bertz CT molecular complexity index is 3320. The summed E-state index contributed by atoms with van der Waals surface area (Å²) in [5, 5.41) is 13.9. The lowest BCUT2D eigenvalue weighted by molar-refractivity contribution is 1.07. The van der Waals surface area contributed by atoms with Crippen LogP contribution in [0.2, 0.25) is 0 Å². The number of hydrogen-bond donors (Lipinski definition) is 0. The summed E-state index contributed by atoms with van der Waals surface area (Å²) >= 11 is 0. The molecule has 0 atom stereocenters. The van der Waals surface area contributed by atoms with Crippen molar-refractivity contribution in [3.8, 4) is 68.2 Å². The summed E-state index contributed by atoms with van der Waals surface area (Å²) in [6.45, 7) is 0. The van der Waals surface area contributed by atoms with Crippen molar-refractivity contribution in [3.63, 3.8) is 0 Å². The molecule has 0 aliphatic rings. The van der Waals surface area contributed by atoms with Gasteiger partial charge in [0.1, 0.15) is 0 Å². The number of pyridine rings is 2. The zero-order chi connectivity index (χ0) is 39.3. The summed E-state index contributed by atoms with van der Waals surface area (Å²) in [4.78, 5) is 24.8. The molecule has 274 valence electrons. The second-order valence-corrected chi connectivity index (χ2v) is 14.5. The number of fused-ring (bicyclic) bond motifs is 6. The summed E-state index contributed by atoms with van der Waals surface area (Å²) in [6.07, 6.45) is 3.61. The van der Waals surface area contributed by atoms with Gasteiger partial charge in [-0.15, -0.1) is 0 Å². The average molecular weight is 754 g/mol. The van der Waals surface area contributed by atoms with Crippen LogP contribution < -0.4 is 0 Å². The summed E-state index contributed by atoms with van der Waals surface area (Å²) in [5.41, 5.74) is 12.3. The van der Waals surface area contributed by atoms with Crippen LogP contribution in [0, 0.1) is 11.3 Å². The highest BCUT2D eigenvalue weighted by atomic mass is 15.0. The number of aromatic nitrogens is 6. The second kappa shape index (κ2) is 14.0. The molecule has 11 aromatic rings. The highest BCUT2D eigenvalue weighted by Gasteiger charge is 2.20. The molecule has 0 spiro atoms. The van der Waals surface area contributed by atoms with Crippen LogP contribution in [-0.4, -0.2) is 29.5 Å². The van der Waals surface area contributed by atoms with Crippen molar-refractivity contribution in [2.75, 3.05) is 0 Å². The highest BCUT2D eigenvalue weighted by Crippen LogP contribution is 2.39. The fourth-order valence-corrected chi connectivity index (χ4v) is 8.08. The molecule has 0 aliphatic carbocycles. The molecular formula is C52H31N7. The van der Waals surface area contributed by atoms with Gasteiger partial charge in [-0.3, -0.25) is 9.97 Å². The Labute approximate surface area is 339 Å². The van der Waals surface area contributed by atoms with Crippen LogP contribution in [0.15, 0.2) is 188 Å². The van der Waals surface area contributed by atoms with Gasteiger partial charge in [0.25, 0.3) is 0 Å². The van der Waals surface area contributed by atoms with E-state index in [2.05, 4.69) is 120 Å². The van der Waals surface area contributed by atoms with E-state index >= 15 is 0 Å². The van der Waals surface area contributed by atoms with Crippen molar-refractivity contribution in [1.82, 2.24) is 29.5 Å². The fourth-order valence-electron chi connectivity index (χ4n) is 8.08. The SMILES string of the molecule is N#Cc1ccc2c(c1)c1cc(-c3nc(-c4ccc(-c5ccccc5)cc4)nc(-c4ccc(-c5ccccc5)cc4)n3)ccc1n2-c1cc2cccnc2c2ncccc12. The van der Waals surface area contributed by atoms with Crippen LogP contribution >= 0.6 is 0 Å². The maximum atomic E-state index is 10.0. The van der Waals surface area contributed by atoms with Crippen LogP contribution in [0.3, 0.4) is 0 Å². The second-order valence-electron chi connectivity index (χ2n) is 14.5. The normalized spacial score (nSPS) is 11.4. The van der Waals surface area contributed by atoms with Gasteiger partial charge in [-0.05, 0) is 82.9 Å². The predicted molar refractivity (Wildman–Crippen MR) is 237 cm³/mol. The molecule has 0 bridgehead atoms. The molecule has 0 N–H and O–H groups in total. The molecule has 4 aromatic heterocycles. The molecule has 0 radical (unpaired) electrons. The quantitative estimate of drug-likeness (QED) is 0.157. The zero-order valence-corrected chi connectivity index (χ0v) is 31.5. The van der Waals surface area contributed by atoms with E-state index in [1.54, 1.807) is 6.20 Å². The molecule has 59 heavy (non-hydrogen) atoms. The Morgan fingerprint density at radius 2 is 0.881 bits per heavy atom. The van der Waals surface area contributed by atoms with Crippen molar-refractivity contribution in [2.45, 2.75) is 0 Å². The van der Waals surface area contributed by atoms with E-state index < -0.39 is 0 Å². The Hall–Kier alpha value is -8.34. The zero-order valence-electron chi connectivity index (χ0n) is 31.5. The molecule has 7 heteroatoms. The Morgan fingerprint density at radius 3 is 1.49 bits per heavy atom. The van der Waals surface area contributed by atoms with Gasteiger partial charge in [0.05, 0.1) is 39.4 Å². The lowest BCUT2D eigenvalue weighted by atomic mass is 10.0. The van der Waals surface area contributed by atoms with Crippen LogP contribution in [0.25, 0.3) is 106 Å². The van der Waals surface area contributed by atoms with E-state index in [1.807, 2.05) is 72.9 Å². The van der Waals surface area contributed by atoms with Crippen LogP contribution in [0.4, 0.5) is 0 Å². The van der Waals surface area contributed by atoms with Crippen molar-refractivity contribution in [2.24, 2.45) is 0 Å². The van der Waals surface area contributed by atoms with Gasteiger partial charge in [-0.1, -0.05) is 115 Å². The topological polar surface area (TPSA) is 93.2 Å². The molecule has 0 fully saturated rings. The van der Waals surface area contributed by atoms with Gasteiger partial charge < -0.3 is 4.57 Å². The third kappa shape index (κ3) is 5.95. The van der Waals surface area contributed by atoms with Gasteiger partial charge >= 0.3 is 0 Å². The van der Waals surface area contributed by atoms with E-state index in [-0.39, 0.29) is 0 Å². The van der Waals surface area contributed by atoms with Crippen molar-refractivity contribution in [1.29, 1.82) is 5.26 Å². The monoisotopic (exact) mass is 753 g/mol. The van der Waals surface area contributed by atoms with Crippen molar-refractivity contribution >= 4 is 43.6 Å². The molecule has 7 aromatic carbocycles. The van der Waals surface area contributed by atoms with Gasteiger partial charge in [0, 0.05) is 50.6 Å². The first-order valence-electron chi connectivity index (χ1n) is 19.4. The van der Waals surface area contributed by atoms with Crippen molar-refractivity contribution in [3.05, 3.63) is 194 Å².